The van der Waals surface area contributed by atoms with E-state index in [1.165, 1.54) is 12.1 Å². The SMILES string of the molecule is N#Cc1oc2c(Br)cc(F)cc2c1C1CC1. The number of rotatable bonds is 1. The number of halogens is 2. The Hall–Kier alpha value is -1.34. The minimum Gasteiger partial charge on any atom is -0.444 e. The molecule has 4 heteroatoms. The van der Waals surface area contributed by atoms with Crippen LogP contribution in [0.2, 0.25) is 0 Å². The van der Waals surface area contributed by atoms with Gasteiger partial charge >= 0.3 is 0 Å². The van der Waals surface area contributed by atoms with Gasteiger partial charge in [0.25, 0.3) is 0 Å². The molecule has 1 aliphatic carbocycles. The van der Waals surface area contributed by atoms with Gasteiger partial charge in [-0.3, -0.25) is 0 Å². The van der Waals surface area contributed by atoms with Crippen molar-refractivity contribution in [2.24, 2.45) is 0 Å². The van der Waals surface area contributed by atoms with E-state index in [9.17, 15) is 4.39 Å². The highest BCUT2D eigenvalue weighted by molar-refractivity contribution is 9.10. The van der Waals surface area contributed by atoms with Gasteiger partial charge in [0, 0.05) is 10.9 Å². The first-order valence-corrected chi connectivity index (χ1v) is 5.81. The number of hydrogen-bond donors (Lipinski definition) is 0. The van der Waals surface area contributed by atoms with Gasteiger partial charge in [0.1, 0.15) is 11.9 Å². The molecule has 0 radical (unpaired) electrons. The van der Waals surface area contributed by atoms with Crippen LogP contribution in [-0.4, -0.2) is 0 Å². The summed E-state index contributed by atoms with van der Waals surface area (Å²) >= 11 is 3.25. The first-order valence-electron chi connectivity index (χ1n) is 5.02. The molecule has 0 atom stereocenters. The number of nitriles is 1. The maximum absolute atomic E-state index is 13.3. The second kappa shape index (κ2) is 3.33. The van der Waals surface area contributed by atoms with Gasteiger partial charge in [0.05, 0.1) is 4.47 Å². The fraction of sp³-hybridized carbons (Fsp3) is 0.250. The molecular formula is C12H7BrFNO. The largest absolute Gasteiger partial charge is 0.444 e. The highest BCUT2D eigenvalue weighted by Gasteiger charge is 2.31. The van der Waals surface area contributed by atoms with Crippen molar-refractivity contribution in [3.8, 4) is 6.07 Å². The van der Waals surface area contributed by atoms with Crippen LogP contribution >= 0.6 is 15.9 Å². The molecule has 1 fully saturated rings. The Morgan fingerprint density at radius 1 is 1.44 bits per heavy atom. The average Bonchev–Trinajstić information content (AvgIpc) is 3.00. The zero-order valence-electron chi connectivity index (χ0n) is 8.26. The number of hydrogen-bond acceptors (Lipinski definition) is 2. The van der Waals surface area contributed by atoms with Crippen molar-refractivity contribution in [2.75, 3.05) is 0 Å². The van der Waals surface area contributed by atoms with Crippen LogP contribution in [0.4, 0.5) is 4.39 Å². The topological polar surface area (TPSA) is 36.9 Å². The van der Waals surface area contributed by atoms with Gasteiger partial charge in [-0.1, -0.05) is 0 Å². The lowest BCUT2D eigenvalue weighted by Crippen LogP contribution is -1.82. The number of fused-ring (bicyclic) bond motifs is 1. The summed E-state index contributed by atoms with van der Waals surface area (Å²) in [6.45, 7) is 0. The molecule has 0 spiro atoms. The van der Waals surface area contributed by atoms with Crippen LogP contribution < -0.4 is 0 Å². The predicted molar refractivity (Wildman–Crippen MR) is 60.6 cm³/mol. The average molecular weight is 280 g/mol. The van der Waals surface area contributed by atoms with E-state index in [2.05, 4.69) is 15.9 Å². The molecule has 1 heterocycles. The molecule has 0 unspecified atom stereocenters. The van der Waals surface area contributed by atoms with Crippen LogP contribution in [0.5, 0.6) is 0 Å². The van der Waals surface area contributed by atoms with Crippen LogP contribution in [0.1, 0.15) is 30.1 Å². The van der Waals surface area contributed by atoms with E-state index in [4.69, 9.17) is 9.68 Å². The molecule has 0 bridgehead atoms. The molecule has 80 valence electrons. The van der Waals surface area contributed by atoms with Crippen molar-refractivity contribution >= 4 is 26.9 Å². The lowest BCUT2D eigenvalue weighted by molar-refractivity contribution is 0.589. The minimum absolute atomic E-state index is 0.313. The van der Waals surface area contributed by atoms with Gasteiger partial charge in [-0.2, -0.15) is 5.26 Å². The Balaban J connectivity index is 2.40. The van der Waals surface area contributed by atoms with Gasteiger partial charge in [0.15, 0.2) is 5.58 Å². The summed E-state index contributed by atoms with van der Waals surface area (Å²) in [6, 6.07) is 4.84. The van der Waals surface area contributed by atoms with Crippen LogP contribution in [0, 0.1) is 17.1 Å². The maximum Gasteiger partial charge on any atom is 0.208 e. The van der Waals surface area contributed by atoms with E-state index < -0.39 is 0 Å². The van der Waals surface area contributed by atoms with Crippen molar-refractivity contribution in [3.05, 3.63) is 33.7 Å². The highest BCUT2D eigenvalue weighted by atomic mass is 79.9. The first-order chi connectivity index (χ1) is 7.70. The first kappa shape index (κ1) is 9.86. The summed E-state index contributed by atoms with van der Waals surface area (Å²) < 4.78 is 19.3. The number of furan rings is 1. The van der Waals surface area contributed by atoms with E-state index in [0.29, 0.717) is 21.7 Å². The van der Waals surface area contributed by atoms with Gasteiger partial charge in [0.2, 0.25) is 5.76 Å². The smallest absolute Gasteiger partial charge is 0.208 e. The van der Waals surface area contributed by atoms with Gasteiger partial charge in [-0.15, -0.1) is 0 Å². The lowest BCUT2D eigenvalue weighted by Gasteiger charge is -1.96. The molecule has 1 aromatic heterocycles. The quantitative estimate of drug-likeness (QED) is 0.789. The fourth-order valence-corrected chi connectivity index (χ4v) is 2.52. The molecule has 3 rings (SSSR count). The molecule has 1 aliphatic rings. The Morgan fingerprint density at radius 2 is 2.19 bits per heavy atom. The van der Waals surface area contributed by atoms with Crippen molar-refractivity contribution < 1.29 is 8.81 Å². The molecule has 0 saturated heterocycles. The molecule has 16 heavy (non-hydrogen) atoms. The molecule has 1 saturated carbocycles. The standard InChI is InChI=1S/C12H7BrFNO/c13-9-4-7(14)3-8-11(6-1-2-6)10(5-15)16-12(8)9/h3-4,6H,1-2H2. The molecule has 1 aromatic carbocycles. The Morgan fingerprint density at radius 3 is 2.81 bits per heavy atom. The molecule has 0 aliphatic heterocycles. The van der Waals surface area contributed by atoms with Gasteiger partial charge in [-0.05, 0) is 46.8 Å². The van der Waals surface area contributed by atoms with Crippen LogP contribution in [0.25, 0.3) is 11.0 Å². The summed E-state index contributed by atoms with van der Waals surface area (Å²) in [6.07, 6.45) is 2.11. The van der Waals surface area contributed by atoms with E-state index >= 15 is 0 Å². The zero-order valence-corrected chi connectivity index (χ0v) is 9.84. The summed E-state index contributed by atoms with van der Waals surface area (Å²) in [5.74, 6) is 0.375. The summed E-state index contributed by atoms with van der Waals surface area (Å²) in [5.41, 5.74) is 1.44. The third-order valence-corrected chi connectivity index (χ3v) is 3.42. The lowest BCUT2D eigenvalue weighted by atomic mass is 10.1. The summed E-state index contributed by atoms with van der Waals surface area (Å²) in [4.78, 5) is 0. The third kappa shape index (κ3) is 1.35. The van der Waals surface area contributed by atoms with Crippen molar-refractivity contribution in [2.45, 2.75) is 18.8 Å². The minimum atomic E-state index is -0.313. The second-order valence-electron chi connectivity index (χ2n) is 4.00. The van der Waals surface area contributed by atoms with Crippen molar-refractivity contribution in [1.29, 1.82) is 5.26 Å². The van der Waals surface area contributed by atoms with Crippen molar-refractivity contribution in [1.82, 2.24) is 0 Å². The van der Waals surface area contributed by atoms with Gasteiger partial charge < -0.3 is 4.42 Å². The molecule has 0 N–H and O–H groups in total. The van der Waals surface area contributed by atoms with Crippen LogP contribution in [-0.2, 0) is 0 Å². The summed E-state index contributed by atoms with van der Waals surface area (Å²) in [5, 5.41) is 9.73. The zero-order chi connectivity index (χ0) is 11.3. The summed E-state index contributed by atoms with van der Waals surface area (Å²) in [7, 11) is 0. The Bertz CT molecular complexity index is 622. The van der Waals surface area contributed by atoms with E-state index in [1.807, 2.05) is 6.07 Å². The monoisotopic (exact) mass is 279 g/mol. The normalized spacial score (nSPS) is 15.3. The predicted octanol–water partition coefficient (Wildman–Crippen LogP) is 4.08. The van der Waals surface area contributed by atoms with Gasteiger partial charge in [-0.25, -0.2) is 4.39 Å². The molecule has 0 amide bonds. The molecule has 2 aromatic rings. The molecular weight excluding hydrogens is 273 g/mol. The van der Waals surface area contributed by atoms with E-state index in [1.54, 1.807) is 0 Å². The number of benzene rings is 1. The highest BCUT2D eigenvalue weighted by Crippen LogP contribution is 2.47. The van der Waals surface area contributed by atoms with E-state index in [0.717, 1.165) is 23.8 Å². The number of nitrogens with zero attached hydrogens (tertiary/aromatic N) is 1. The Kier molecular flexibility index (Phi) is 2.05. The van der Waals surface area contributed by atoms with Crippen LogP contribution in [0.15, 0.2) is 21.0 Å². The van der Waals surface area contributed by atoms with Crippen molar-refractivity contribution in [3.63, 3.8) is 0 Å². The van der Waals surface area contributed by atoms with Crippen LogP contribution in [0.3, 0.4) is 0 Å². The Labute approximate surface area is 99.8 Å². The van der Waals surface area contributed by atoms with E-state index in [-0.39, 0.29) is 5.82 Å². The fourth-order valence-electron chi connectivity index (χ4n) is 2.00. The maximum atomic E-state index is 13.3. The second-order valence-corrected chi connectivity index (χ2v) is 4.85. The third-order valence-electron chi connectivity index (χ3n) is 2.83. The molecule has 2 nitrogen and oxygen atoms in total.